The molecular formula is C23H22ClN5O2. The Morgan fingerprint density at radius 3 is 2.45 bits per heavy atom. The number of aryl methyl sites for hydroxylation is 1. The Morgan fingerprint density at radius 2 is 1.77 bits per heavy atom. The van der Waals surface area contributed by atoms with Gasteiger partial charge in [-0.1, -0.05) is 23.7 Å². The molecule has 0 aliphatic heterocycles. The highest BCUT2D eigenvalue weighted by molar-refractivity contribution is 6.30. The second-order valence-corrected chi connectivity index (χ2v) is 7.34. The maximum atomic E-state index is 6.05. The van der Waals surface area contributed by atoms with Crippen LogP contribution in [0.4, 0.5) is 5.82 Å². The van der Waals surface area contributed by atoms with Gasteiger partial charge < -0.3 is 14.8 Å². The predicted octanol–water partition coefficient (Wildman–Crippen LogP) is 4.83. The smallest absolute Gasteiger partial charge is 0.165 e. The molecule has 4 rings (SSSR count). The summed E-state index contributed by atoms with van der Waals surface area (Å²) in [6, 6.07) is 15.2. The van der Waals surface area contributed by atoms with Gasteiger partial charge in [0.25, 0.3) is 0 Å². The zero-order chi connectivity index (χ0) is 21.8. The first-order valence-electron chi connectivity index (χ1n) is 9.64. The SMILES string of the molecule is COc1ccc(CNc2cc(-c3ccc(Cl)cc3)nc(-c3cnn(C)c3)n2)c(OC)c1. The molecule has 0 radical (unpaired) electrons. The molecule has 0 saturated carbocycles. The third kappa shape index (κ3) is 4.78. The maximum absolute atomic E-state index is 6.05. The van der Waals surface area contributed by atoms with Crippen LogP contribution in [0.3, 0.4) is 0 Å². The van der Waals surface area contributed by atoms with E-state index >= 15 is 0 Å². The number of benzene rings is 2. The van der Waals surface area contributed by atoms with Crippen LogP contribution >= 0.6 is 11.6 Å². The third-order valence-electron chi connectivity index (χ3n) is 4.78. The number of nitrogens with zero attached hydrogens (tertiary/aromatic N) is 4. The topological polar surface area (TPSA) is 74.1 Å². The van der Waals surface area contributed by atoms with E-state index in [1.54, 1.807) is 25.1 Å². The Hall–Kier alpha value is -3.58. The van der Waals surface area contributed by atoms with Gasteiger partial charge in [0.15, 0.2) is 5.82 Å². The number of nitrogens with one attached hydrogen (secondary N) is 1. The number of hydrogen-bond donors (Lipinski definition) is 1. The summed E-state index contributed by atoms with van der Waals surface area (Å²) in [6.45, 7) is 0.525. The minimum Gasteiger partial charge on any atom is -0.497 e. The van der Waals surface area contributed by atoms with Gasteiger partial charge in [-0.2, -0.15) is 5.10 Å². The molecular weight excluding hydrogens is 414 g/mol. The van der Waals surface area contributed by atoms with E-state index in [2.05, 4.69) is 10.4 Å². The number of rotatable bonds is 7. The van der Waals surface area contributed by atoms with Crippen molar-refractivity contribution < 1.29 is 9.47 Å². The van der Waals surface area contributed by atoms with Crippen molar-refractivity contribution in [3.8, 4) is 34.1 Å². The minimum absolute atomic E-state index is 0.525. The highest BCUT2D eigenvalue weighted by Crippen LogP contribution is 2.28. The minimum atomic E-state index is 0.525. The van der Waals surface area contributed by atoms with Gasteiger partial charge in [0.2, 0.25) is 0 Å². The molecule has 31 heavy (non-hydrogen) atoms. The average molecular weight is 436 g/mol. The Balaban J connectivity index is 1.68. The fraction of sp³-hybridized carbons (Fsp3) is 0.174. The molecule has 2 aromatic carbocycles. The molecule has 0 spiro atoms. The standard InChI is InChI=1S/C23H22ClN5O2/c1-29-14-17(13-26-29)23-27-20(15-4-7-18(24)8-5-15)11-22(28-23)25-12-16-6-9-19(30-2)10-21(16)31-3/h4-11,13-14H,12H2,1-3H3,(H,25,27,28). The van der Waals surface area contributed by atoms with E-state index in [-0.39, 0.29) is 0 Å². The Labute approximate surface area is 185 Å². The lowest BCUT2D eigenvalue weighted by molar-refractivity contribution is 0.391. The summed E-state index contributed by atoms with van der Waals surface area (Å²) in [5, 5.41) is 8.30. The number of halogens is 1. The first-order chi connectivity index (χ1) is 15.1. The summed E-state index contributed by atoms with van der Waals surface area (Å²) >= 11 is 6.05. The lowest BCUT2D eigenvalue weighted by Gasteiger charge is -2.13. The lowest BCUT2D eigenvalue weighted by atomic mass is 10.1. The van der Waals surface area contributed by atoms with Crippen LogP contribution in [0.5, 0.6) is 11.5 Å². The number of hydrogen-bond acceptors (Lipinski definition) is 6. The molecule has 0 bridgehead atoms. The van der Waals surface area contributed by atoms with Gasteiger partial charge >= 0.3 is 0 Å². The van der Waals surface area contributed by atoms with Gasteiger partial charge in [-0.25, -0.2) is 9.97 Å². The zero-order valence-electron chi connectivity index (χ0n) is 17.5. The highest BCUT2D eigenvalue weighted by Gasteiger charge is 2.12. The van der Waals surface area contributed by atoms with Gasteiger partial charge in [-0.15, -0.1) is 0 Å². The molecule has 0 aliphatic carbocycles. The van der Waals surface area contributed by atoms with Gasteiger partial charge in [0.1, 0.15) is 17.3 Å². The van der Waals surface area contributed by atoms with Crippen molar-refractivity contribution in [3.63, 3.8) is 0 Å². The second-order valence-electron chi connectivity index (χ2n) is 6.90. The number of anilines is 1. The van der Waals surface area contributed by atoms with Gasteiger partial charge in [-0.3, -0.25) is 4.68 Å². The fourth-order valence-electron chi connectivity index (χ4n) is 3.16. The zero-order valence-corrected chi connectivity index (χ0v) is 18.2. The molecule has 2 aromatic heterocycles. The van der Waals surface area contributed by atoms with Crippen LogP contribution in [0.15, 0.2) is 60.9 Å². The monoisotopic (exact) mass is 435 g/mol. The highest BCUT2D eigenvalue weighted by atomic mass is 35.5. The quantitative estimate of drug-likeness (QED) is 0.448. The number of methoxy groups -OCH3 is 2. The molecule has 158 valence electrons. The van der Waals surface area contributed by atoms with Gasteiger partial charge in [0.05, 0.1) is 31.7 Å². The van der Waals surface area contributed by atoms with Crippen molar-refractivity contribution in [2.24, 2.45) is 7.05 Å². The van der Waals surface area contributed by atoms with E-state index in [4.69, 9.17) is 31.0 Å². The average Bonchev–Trinajstić information content (AvgIpc) is 3.24. The molecule has 8 heteroatoms. The van der Waals surface area contributed by atoms with Crippen molar-refractivity contribution in [3.05, 3.63) is 71.5 Å². The van der Waals surface area contributed by atoms with Crippen LogP contribution in [0.2, 0.25) is 5.02 Å². The summed E-state index contributed by atoms with van der Waals surface area (Å²) in [5.41, 5.74) is 3.55. The van der Waals surface area contributed by atoms with Crippen LogP contribution in [0.25, 0.3) is 22.6 Å². The van der Waals surface area contributed by atoms with Crippen molar-refractivity contribution in [2.75, 3.05) is 19.5 Å². The fourth-order valence-corrected chi connectivity index (χ4v) is 3.28. The summed E-state index contributed by atoms with van der Waals surface area (Å²) in [5.74, 6) is 2.76. The van der Waals surface area contributed by atoms with Crippen LogP contribution in [-0.4, -0.2) is 34.0 Å². The summed E-state index contributed by atoms with van der Waals surface area (Å²) in [4.78, 5) is 9.44. The first kappa shape index (κ1) is 20.7. The van der Waals surface area contributed by atoms with Crippen LogP contribution in [0, 0.1) is 0 Å². The van der Waals surface area contributed by atoms with Crippen molar-refractivity contribution in [1.82, 2.24) is 19.7 Å². The number of ether oxygens (including phenoxy) is 2. The van der Waals surface area contributed by atoms with Gasteiger partial charge in [-0.05, 0) is 24.3 Å². The van der Waals surface area contributed by atoms with Gasteiger partial charge in [0, 0.05) is 48.1 Å². The molecule has 4 aromatic rings. The molecule has 0 amide bonds. The molecule has 7 nitrogen and oxygen atoms in total. The van der Waals surface area contributed by atoms with E-state index in [0.717, 1.165) is 33.9 Å². The summed E-state index contributed by atoms with van der Waals surface area (Å²) in [6.07, 6.45) is 3.63. The number of aromatic nitrogens is 4. The molecule has 1 N–H and O–H groups in total. The predicted molar refractivity (Wildman–Crippen MR) is 122 cm³/mol. The van der Waals surface area contributed by atoms with Crippen molar-refractivity contribution in [2.45, 2.75) is 6.54 Å². The van der Waals surface area contributed by atoms with E-state index < -0.39 is 0 Å². The lowest BCUT2D eigenvalue weighted by Crippen LogP contribution is -2.05. The van der Waals surface area contributed by atoms with Crippen molar-refractivity contribution in [1.29, 1.82) is 0 Å². The molecule has 0 aliphatic rings. The molecule has 2 heterocycles. The third-order valence-corrected chi connectivity index (χ3v) is 5.04. The molecule has 0 saturated heterocycles. The largest absolute Gasteiger partial charge is 0.497 e. The Bertz CT molecular complexity index is 1190. The van der Waals surface area contributed by atoms with E-state index in [1.165, 1.54) is 0 Å². The van der Waals surface area contributed by atoms with E-state index in [0.29, 0.717) is 23.2 Å². The normalized spacial score (nSPS) is 10.7. The van der Waals surface area contributed by atoms with E-state index in [1.807, 2.05) is 61.8 Å². The Morgan fingerprint density at radius 1 is 0.968 bits per heavy atom. The summed E-state index contributed by atoms with van der Waals surface area (Å²) < 4.78 is 12.5. The molecule has 0 fully saturated rings. The first-order valence-corrected chi connectivity index (χ1v) is 10.0. The Kier molecular flexibility index (Phi) is 6.04. The van der Waals surface area contributed by atoms with Crippen LogP contribution in [0.1, 0.15) is 5.56 Å². The van der Waals surface area contributed by atoms with Crippen LogP contribution < -0.4 is 14.8 Å². The second kappa shape index (κ2) is 9.06. The van der Waals surface area contributed by atoms with Crippen molar-refractivity contribution >= 4 is 17.4 Å². The van der Waals surface area contributed by atoms with Crippen LogP contribution in [-0.2, 0) is 13.6 Å². The van der Waals surface area contributed by atoms with E-state index in [9.17, 15) is 0 Å². The summed E-state index contributed by atoms with van der Waals surface area (Å²) in [7, 11) is 5.13. The molecule has 0 atom stereocenters. The molecule has 0 unspecified atom stereocenters. The maximum Gasteiger partial charge on any atom is 0.165 e.